The van der Waals surface area contributed by atoms with Crippen LogP contribution < -0.4 is 11.1 Å². The first-order chi connectivity index (χ1) is 9.91. The van der Waals surface area contributed by atoms with Crippen LogP contribution in [-0.4, -0.2) is 33.6 Å². The van der Waals surface area contributed by atoms with Crippen LogP contribution in [0.15, 0.2) is 12.3 Å². The Morgan fingerprint density at radius 1 is 1.33 bits per heavy atom. The monoisotopic (exact) mass is 293 g/mol. The first-order valence-electron chi connectivity index (χ1n) is 7.38. The average Bonchev–Trinajstić information content (AvgIpc) is 2.69. The Labute approximate surface area is 124 Å². The molecular formula is C15H23N3O3. The number of primary amides is 1. The van der Waals surface area contributed by atoms with E-state index in [4.69, 9.17) is 5.73 Å². The van der Waals surface area contributed by atoms with Crippen molar-refractivity contribution in [2.45, 2.75) is 44.1 Å². The lowest BCUT2D eigenvalue weighted by atomic mass is 9.94. The molecule has 1 aliphatic rings. The number of rotatable bonds is 4. The molecule has 0 atom stereocenters. The van der Waals surface area contributed by atoms with Crippen molar-refractivity contribution in [3.8, 4) is 0 Å². The van der Waals surface area contributed by atoms with Crippen LogP contribution in [0.5, 0.6) is 0 Å². The SMILES string of the molecule is Cn1cc(C(N)=O)cc1C(=O)NCC1(O)CCCCCC1. The smallest absolute Gasteiger partial charge is 0.268 e. The number of carbonyl (C=O) groups excluding carboxylic acids is 2. The zero-order chi connectivity index (χ0) is 15.5. The van der Waals surface area contributed by atoms with Crippen LogP contribution in [-0.2, 0) is 7.05 Å². The maximum absolute atomic E-state index is 12.2. The highest BCUT2D eigenvalue weighted by atomic mass is 16.3. The lowest BCUT2D eigenvalue weighted by molar-refractivity contribution is 0.0245. The summed E-state index contributed by atoms with van der Waals surface area (Å²) in [5, 5.41) is 13.3. The predicted molar refractivity (Wildman–Crippen MR) is 78.9 cm³/mol. The third kappa shape index (κ3) is 3.85. The van der Waals surface area contributed by atoms with Gasteiger partial charge in [-0.15, -0.1) is 0 Å². The summed E-state index contributed by atoms with van der Waals surface area (Å²) < 4.78 is 1.56. The summed E-state index contributed by atoms with van der Waals surface area (Å²) in [6.07, 6.45) is 7.20. The van der Waals surface area contributed by atoms with Gasteiger partial charge in [0.05, 0.1) is 11.2 Å². The number of aromatic nitrogens is 1. The van der Waals surface area contributed by atoms with Gasteiger partial charge in [0.1, 0.15) is 5.69 Å². The van der Waals surface area contributed by atoms with Gasteiger partial charge in [0.15, 0.2) is 0 Å². The third-order valence-electron chi connectivity index (χ3n) is 4.13. The van der Waals surface area contributed by atoms with Crippen molar-refractivity contribution in [3.05, 3.63) is 23.5 Å². The van der Waals surface area contributed by atoms with Crippen LogP contribution in [0.25, 0.3) is 0 Å². The normalized spacial score (nSPS) is 18.0. The molecule has 6 heteroatoms. The van der Waals surface area contributed by atoms with Gasteiger partial charge < -0.3 is 20.7 Å². The number of carbonyl (C=O) groups is 2. The third-order valence-corrected chi connectivity index (χ3v) is 4.13. The molecule has 0 spiro atoms. The van der Waals surface area contributed by atoms with E-state index >= 15 is 0 Å². The first-order valence-corrected chi connectivity index (χ1v) is 7.38. The molecule has 4 N–H and O–H groups in total. The van der Waals surface area contributed by atoms with Crippen molar-refractivity contribution >= 4 is 11.8 Å². The Morgan fingerprint density at radius 2 is 1.95 bits per heavy atom. The molecule has 6 nitrogen and oxygen atoms in total. The summed E-state index contributed by atoms with van der Waals surface area (Å²) in [5.74, 6) is -0.866. The fraction of sp³-hybridized carbons (Fsp3) is 0.600. The van der Waals surface area contributed by atoms with Crippen LogP contribution in [0.3, 0.4) is 0 Å². The van der Waals surface area contributed by atoms with Gasteiger partial charge in [-0.2, -0.15) is 0 Å². The van der Waals surface area contributed by atoms with Crippen LogP contribution in [0, 0.1) is 0 Å². The van der Waals surface area contributed by atoms with E-state index in [1.54, 1.807) is 11.6 Å². The second-order valence-electron chi connectivity index (χ2n) is 5.91. The molecule has 2 amide bonds. The molecule has 116 valence electrons. The molecule has 0 radical (unpaired) electrons. The number of hydrogen-bond acceptors (Lipinski definition) is 3. The van der Waals surface area contributed by atoms with Crippen molar-refractivity contribution in [3.63, 3.8) is 0 Å². The molecule has 0 unspecified atom stereocenters. The molecule has 1 aromatic heterocycles. The Bertz CT molecular complexity index is 528. The highest BCUT2D eigenvalue weighted by Gasteiger charge is 2.28. The molecule has 0 aliphatic heterocycles. The van der Waals surface area contributed by atoms with Crippen molar-refractivity contribution in [1.29, 1.82) is 0 Å². The number of nitrogens with two attached hydrogens (primary N) is 1. The van der Waals surface area contributed by atoms with Crippen molar-refractivity contribution in [2.24, 2.45) is 12.8 Å². The maximum Gasteiger partial charge on any atom is 0.268 e. The van der Waals surface area contributed by atoms with Gasteiger partial charge in [-0.1, -0.05) is 25.7 Å². The maximum atomic E-state index is 12.2. The largest absolute Gasteiger partial charge is 0.388 e. The molecule has 1 aliphatic carbocycles. The van der Waals surface area contributed by atoms with E-state index in [1.165, 1.54) is 12.3 Å². The number of amides is 2. The summed E-state index contributed by atoms with van der Waals surface area (Å²) in [5.41, 5.74) is 5.05. The van der Waals surface area contributed by atoms with Gasteiger partial charge in [0.2, 0.25) is 5.91 Å². The van der Waals surface area contributed by atoms with Crippen molar-refractivity contribution in [2.75, 3.05) is 6.54 Å². The standard InChI is InChI=1S/C15H23N3O3/c1-18-9-11(13(16)19)8-12(18)14(20)17-10-15(21)6-4-2-3-5-7-15/h8-9,21H,2-7,10H2,1H3,(H2,16,19)(H,17,20). The van der Waals surface area contributed by atoms with Gasteiger partial charge in [0, 0.05) is 19.8 Å². The van der Waals surface area contributed by atoms with Gasteiger partial charge in [-0.25, -0.2) is 0 Å². The predicted octanol–water partition coefficient (Wildman–Crippen LogP) is 0.939. The summed E-state index contributed by atoms with van der Waals surface area (Å²) in [7, 11) is 1.68. The molecule has 0 aromatic carbocycles. The molecule has 1 fully saturated rings. The summed E-state index contributed by atoms with van der Waals surface area (Å²) in [4.78, 5) is 23.3. The van der Waals surface area contributed by atoms with E-state index < -0.39 is 11.5 Å². The van der Waals surface area contributed by atoms with Gasteiger partial charge >= 0.3 is 0 Å². The Morgan fingerprint density at radius 3 is 2.48 bits per heavy atom. The highest BCUT2D eigenvalue weighted by molar-refractivity contribution is 5.98. The van der Waals surface area contributed by atoms with E-state index in [0.29, 0.717) is 24.1 Å². The molecule has 0 bridgehead atoms. The van der Waals surface area contributed by atoms with E-state index in [0.717, 1.165) is 25.7 Å². The van der Waals surface area contributed by atoms with Crippen LogP contribution >= 0.6 is 0 Å². The van der Waals surface area contributed by atoms with E-state index in [9.17, 15) is 14.7 Å². The number of nitrogens with zero attached hydrogens (tertiary/aromatic N) is 1. The Kier molecular flexibility index (Phi) is 4.67. The number of nitrogens with one attached hydrogen (secondary N) is 1. The van der Waals surface area contributed by atoms with Crippen LogP contribution in [0.2, 0.25) is 0 Å². The van der Waals surface area contributed by atoms with Crippen molar-refractivity contribution in [1.82, 2.24) is 9.88 Å². The minimum atomic E-state index is -0.816. The highest BCUT2D eigenvalue weighted by Crippen LogP contribution is 2.26. The van der Waals surface area contributed by atoms with Gasteiger partial charge in [-0.05, 0) is 18.9 Å². The molecule has 2 rings (SSSR count). The number of aliphatic hydroxyl groups is 1. The van der Waals surface area contributed by atoms with Gasteiger partial charge in [-0.3, -0.25) is 9.59 Å². The zero-order valence-electron chi connectivity index (χ0n) is 12.4. The lowest BCUT2D eigenvalue weighted by Crippen LogP contribution is -2.42. The second-order valence-corrected chi connectivity index (χ2v) is 5.91. The zero-order valence-corrected chi connectivity index (χ0v) is 12.4. The quantitative estimate of drug-likeness (QED) is 0.721. The summed E-state index contributed by atoms with van der Waals surface area (Å²) in [6, 6.07) is 1.47. The fourth-order valence-electron chi connectivity index (χ4n) is 2.82. The fourth-order valence-corrected chi connectivity index (χ4v) is 2.82. The molecule has 0 saturated heterocycles. The minimum absolute atomic E-state index is 0.239. The van der Waals surface area contributed by atoms with E-state index in [-0.39, 0.29) is 12.5 Å². The van der Waals surface area contributed by atoms with Crippen LogP contribution in [0.1, 0.15) is 59.4 Å². The minimum Gasteiger partial charge on any atom is -0.388 e. The second kappa shape index (κ2) is 6.30. The summed E-state index contributed by atoms with van der Waals surface area (Å²) >= 11 is 0. The molecule has 1 aromatic rings. The topological polar surface area (TPSA) is 97.4 Å². The Balaban J connectivity index is 1.99. The Hall–Kier alpha value is -1.82. The van der Waals surface area contributed by atoms with E-state index in [1.807, 2.05) is 0 Å². The van der Waals surface area contributed by atoms with Crippen LogP contribution in [0.4, 0.5) is 0 Å². The molecule has 21 heavy (non-hydrogen) atoms. The lowest BCUT2D eigenvalue weighted by Gasteiger charge is -2.26. The van der Waals surface area contributed by atoms with Crippen molar-refractivity contribution < 1.29 is 14.7 Å². The van der Waals surface area contributed by atoms with Gasteiger partial charge in [0.25, 0.3) is 5.91 Å². The van der Waals surface area contributed by atoms with E-state index in [2.05, 4.69) is 5.32 Å². The molecule has 1 heterocycles. The first kappa shape index (κ1) is 15.6. The average molecular weight is 293 g/mol. The molecular weight excluding hydrogens is 270 g/mol. The summed E-state index contributed by atoms with van der Waals surface area (Å²) in [6.45, 7) is 0.239. The number of aryl methyl sites for hydroxylation is 1. The molecule has 1 saturated carbocycles. The number of hydrogen-bond donors (Lipinski definition) is 3.